The molecule has 0 spiro atoms. The van der Waals surface area contributed by atoms with Crippen LogP contribution in [0.4, 0.5) is 13.2 Å². The standard InChI is InChI=1S/C16H22F3NO/c1-11-3-5-12(6-4-11)15(20-2)13-7-9-14(10-8-13)21-16(17,18)19/h7-12,15,20H,3-6H2,1-2H3. The van der Waals surface area contributed by atoms with Gasteiger partial charge in [0.25, 0.3) is 0 Å². The fraction of sp³-hybridized carbons (Fsp3) is 0.625. The fourth-order valence-electron chi connectivity index (χ4n) is 3.17. The van der Waals surface area contributed by atoms with Crippen molar-refractivity contribution in [3.8, 4) is 5.75 Å². The van der Waals surface area contributed by atoms with E-state index < -0.39 is 6.36 Å². The van der Waals surface area contributed by atoms with Crippen molar-refractivity contribution in [1.29, 1.82) is 0 Å². The van der Waals surface area contributed by atoms with Crippen molar-refractivity contribution < 1.29 is 17.9 Å². The zero-order chi connectivity index (χ0) is 15.5. The highest BCUT2D eigenvalue weighted by Gasteiger charge is 2.31. The molecule has 0 radical (unpaired) electrons. The van der Waals surface area contributed by atoms with Crippen LogP contribution in [0, 0.1) is 11.8 Å². The van der Waals surface area contributed by atoms with Gasteiger partial charge in [0.15, 0.2) is 0 Å². The normalized spacial score (nSPS) is 24.6. The van der Waals surface area contributed by atoms with Gasteiger partial charge in [0.2, 0.25) is 0 Å². The second-order valence-electron chi connectivity index (χ2n) is 5.90. The van der Waals surface area contributed by atoms with Crippen molar-refractivity contribution in [3.05, 3.63) is 29.8 Å². The summed E-state index contributed by atoms with van der Waals surface area (Å²) in [7, 11) is 1.91. The molecule has 0 saturated heterocycles. The predicted molar refractivity (Wildman–Crippen MR) is 76.0 cm³/mol. The third-order valence-corrected chi connectivity index (χ3v) is 4.32. The summed E-state index contributed by atoms with van der Waals surface area (Å²) in [6, 6.07) is 6.41. The van der Waals surface area contributed by atoms with Crippen LogP contribution in [-0.4, -0.2) is 13.4 Å². The van der Waals surface area contributed by atoms with Gasteiger partial charge in [-0.15, -0.1) is 13.2 Å². The van der Waals surface area contributed by atoms with E-state index in [0.717, 1.165) is 24.3 Å². The molecule has 1 aliphatic rings. The van der Waals surface area contributed by atoms with Gasteiger partial charge in [0, 0.05) is 6.04 Å². The van der Waals surface area contributed by atoms with Crippen LogP contribution in [0.1, 0.15) is 44.2 Å². The minimum absolute atomic E-state index is 0.168. The van der Waals surface area contributed by atoms with Crippen LogP contribution < -0.4 is 10.1 Å². The zero-order valence-corrected chi connectivity index (χ0v) is 12.4. The van der Waals surface area contributed by atoms with Crippen molar-refractivity contribution in [3.63, 3.8) is 0 Å². The Balaban J connectivity index is 2.05. The Morgan fingerprint density at radius 3 is 2.14 bits per heavy atom. The van der Waals surface area contributed by atoms with Gasteiger partial charge in [0.1, 0.15) is 5.75 Å². The van der Waals surface area contributed by atoms with E-state index in [0.29, 0.717) is 5.92 Å². The lowest BCUT2D eigenvalue weighted by atomic mass is 9.77. The van der Waals surface area contributed by atoms with Crippen LogP contribution in [0.3, 0.4) is 0 Å². The molecule has 1 fully saturated rings. The summed E-state index contributed by atoms with van der Waals surface area (Å²) < 4.78 is 40.4. The molecule has 0 aromatic heterocycles. The molecular weight excluding hydrogens is 279 g/mol. The van der Waals surface area contributed by atoms with Crippen molar-refractivity contribution in [2.24, 2.45) is 11.8 Å². The van der Waals surface area contributed by atoms with E-state index in [9.17, 15) is 13.2 Å². The first-order valence-electron chi connectivity index (χ1n) is 7.42. The molecule has 21 heavy (non-hydrogen) atoms. The summed E-state index contributed by atoms with van der Waals surface area (Å²) in [4.78, 5) is 0. The Kier molecular flexibility index (Phi) is 5.14. The number of alkyl halides is 3. The predicted octanol–water partition coefficient (Wildman–Crippen LogP) is 4.67. The highest BCUT2D eigenvalue weighted by molar-refractivity contribution is 5.29. The van der Waals surface area contributed by atoms with E-state index in [1.807, 2.05) is 7.05 Å². The summed E-state index contributed by atoms with van der Waals surface area (Å²) in [5.74, 6) is 1.15. The zero-order valence-electron chi connectivity index (χ0n) is 12.4. The molecule has 0 bridgehead atoms. The van der Waals surface area contributed by atoms with E-state index in [1.165, 1.54) is 25.0 Å². The van der Waals surface area contributed by atoms with Crippen molar-refractivity contribution >= 4 is 0 Å². The molecule has 1 aromatic rings. The minimum atomic E-state index is -4.64. The molecule has 5 heteroatoms. The van der Waals surface area contributed by atoms with Gasteiger partial charge in [0.05, 0.1) is 0 Å². The average molecular weight is 301 g/mol. The number of halogens is 3. The number of benzene rings is 1. The third-order valence-electron chi connectivity index (χ3n) is 4.32. The van der Waals surface area contributed by atoms with Crippen molar-refractivity contribution in [2.45, 2.75) is 45.0 Å². The SMILES string of the molecule is CNC(c1ccc(OC(F)(F)F)cc1)C1CCC(C)CC1. The summed E-state index contributed by atoms with van der Waals surface area (Å²) in [6.45, 7) is 2.27. The summed E-state index contributed by atoms with van der Waals surface area (Å²) in [5, 5.41) is 3.31. The van der Waals surface area contributed by atoms with Gasteiger partial charge >= 0.3 is 6.36 Å². The minimum Gasteiger partial charge on any atom is -0.406 e. The van der Waals surface area contributed by atoms with Gasteiger partial charge in [-0.3, -0.25) is 0 Å². The molecular formula is C16H22F3NO. The highest BCUT2D eigenvalue weighted by Crippen LogP contribution is 2.37. The lowest BCUT2D eigenvalue weighted by Gasteiger charge is -2.33. The largest absolute Gasteiger partial charge is 0.573 e. The van der Waals surface area contributed by atoms with E-state index in [2.05, 4.69) is 17.0 Å². The molecule has 1 unspecified atom stereocenters. The average Bonchev–Trinajstić information content (AvgIpc) is 2.42. The van der Waals surface area contributed by atoms with Crippen LogP contribution in [0.15, 0.2) is 24.3 Å². The maximum atomic E-state index is 12.2. The Morgan fingerprint density at radius 1 is 1.10 bits per heavy atom. The maximum absolute atomic E-state index is 12.2. The topological polar surface area (TPSA) is 21.3 Å². The van der Waals surface area contributed by atoms with Gasteiger partial charge in [-0.1, -0.05) is 31.9 Å². The summed E-state index contributed by atoms with van der Waals surface area (Å²) >= 11 is 0. The Bertz CT molecular complexity index is 436. The first-order valence-corrected chi connectivity index (χ1v) is 7.42. The summed E-state index contributed by atoms with van der Waals surface area (Å²) in [5.41, 5.74) is 1.02. The van der Waals surface area contributed by atoms with E-state index in [1.54, 1.807) is 12.1 Å². The maximum Gasteiger partial charge on any atom is 0.573 e. The molecule has 118 valence electrons. The molecule has 1 aromatic carbocycles. The van der Waals surface area contributed by atoms with E-state index in [-0.39, 0.29) is 11.8 Å². The number of rotatable bonds is 4. The highest BCUT2D eigenvalue weighted by atomic mass is 19.4. The fourth-order valence-corrected chi connectivity index (χ4v) is 3.17. The molecule has 2 nitrogen and oxygen atoms in total. The molecule has 2 rings (SSSR count). The molecule has 0 amide bonds. The second-order valence-corrected chi connectivity index (χ2v) is 5.90. The molecule has 0 heterocycles. The number of ether oxygens (including phenoxy) is 1. The molecule has 0 aliphatic heterocycles. The Hall–Kier alpha value is -1.23. The monoisotopic (exact) mass is 301 g/mol. The van der Waals surface area contributed by atoms with Crippen molar-refractivity contribution in [1.82, 2.24) is 5.32 Å². The van der Waals surface area contributed by atoms with Gasteiger partial charge in [-0.25, -0.2) is 0 Å². The van der Waals surface area contributed by atoms with E-state index in [4.69, 9.17) is 0 Å². The number of hydrogen-bond acceptors (Lipinski definition) is 2. The van der Waals surface area contributed by atoms with Crippen LogP contribution in [0.2, 0.25) is 0 Å². The molecule has 1 saturated carbocycles. The van der Waals surface area contributed by atoms with Gasteiger partial charge in [-0.2, -0.15) is 0 Å². The lowest BCUT2D eigenvalue weighted by Crippen LogP contribution is -2.28. The molecule has 1 N–H and O–H groups in total. The van der Waals surface area contributed by atoms with Crippen LogP contribution >= 0.6 is 0 Å². The van der Waals surface area contributed by atoms with Gasteiger partial charge < -0.3 is 10.1 Å². The molecule has 1 atom stereocenters. The summed E-state index contributed by atoms with van der Waals surface area (Å²) in [6.07, 6.45) is 0.126. The smallest absolute Gasteiger partial charge is 0.406 e. The molecule has 1 aliphatic carbocycles. The first-order chi connectivity index (χ1) is 9.89. The van der Waals surface area contributed by atoms with Crippen LogP contribution in [0.25, 0.3) is 0 Å². The second kappa shape index (κ2) is 6.69. The van der Waals surface area contributed by atoms with Crippen molar-refractivity contribution in [2.75, 3.05) is 7.05 Å². The number of hydrogen-bond donors (Lipinski definition) is 1. The van der Waals surface area contributed by atoms with E-state index >= 15 is 0 Å². The Morgan fingerprint density at radius 2 is 1.67 bits per heavy atom. The Labute approximate surface area is 123 Å². The lowest BCUT2D eigenvalue weighted by molar-refractivity contribution is -0.274. The number of nitrogens with one attached hydrogen (secondary N) is 1. The van der Waals surface area contributed by atoms with Crippen LogP contribution in [-0.2, 0) is 0 Å². The first kappa shape index (κ1) is 16.1. The third kappa shape index (κ3) is 4.63. The van der Waals surface area contributed by atoms with Crippen LogP contribution in [0.5, 0.6) is 5.75 Å². The van der Waals surface area contributed by atoms with Gasteiger partial charge in [-0.05, 0) is 49.4 Å². The quantitative estimate of drug-likeness (QED) is 0.872.